The molecule has 1 atom stereocenters. The highest BCUT2D eigenvalue weighted by Crippen LogP contribution is 2.18. The first-order valence-electron chi connectivity index (χ1n) is 9.40. The summed E-state index contributed by atoms with van der Waals surface area (Å²) in [6.07, 6.45) is 8.22. The number of rotatable bonds is 6. The fourth-order valence-electron chi connectivity index (χ4n) is 3.53. The number of nitrogens with one attached hydrogen (secondary N) is 2. The molecule has 0 radical (unpaired) electrons. The average Bonchev–Trinajstić information content (AvgIpc) is 2.65. The van der Waals surface area contributed by atoms with Crippen molar-refractivity contribution in [1.29, 1.82) is 0 Å². The van der Waals surface area contributed by atoms with Crippen molar-refractivity contribution in [1.82, 2.24) is 20.4 Å². The van der Waals surface area contributed by atoms with E-state index >= 15 is 0 Å². The molecule has 2 fully saturated rings. The summed E-state index contributed by atoms with van der Waals surface area (Å²) in [6.45, 7) is 1.98. The summed E-state index contributed by atoms with van der Waals surface area (Å²) in [6, 6.07) is -1.03. The highest BCUT2D eigenvalue weighted by Gasteiger charge is 2.30. The lowest BCUT2D eigenvalue weighted by Crippen LogP contribution is -2.58. The van der Waals surface area contributed by atoms with Crippen molar-refractivity contribution in [3.63, 3.8) is 0 Å². The Bertz CT molecular complexity index is 491. The zero-order chi connectivity index (χ0) is 18.9. The fraction of sp³-hybridized carbons (Fsp3) is 0.824. The van der Waals surface area contributed by atoms with Crippen molar-refractivity contribution < 1.29 is 14.4 Å². The predicted molar refractivity (Wildman–Crippen MR) is 103 cm³/mol. The zero-order valence-electron chi connectivity index (χ0n) is 15.5. The number of nitrogens with two attached hydrogens (primary N) is 1. The number of hydrogen-bond donors (Lipinski definition) is 3. The van der Waals surface area contributed by atoms with Crippen molar-refractivity contribution in [3.8, 4) is 0 Å². The summed E-state index contributed by atoms with van der Waals surface area (Å²) in [5, 5.41) is 5.66. The van der Waals surface area contributed by atoms with E-state index in [1.807, 2.05) is 6.26 Å². The van der Waals surface area contributed by atoms with Crippen molar-refractivity contribution >= 4 is 29.7 Å². The lowest BCUT2D eigenvalue weighted by Gasteiger charge is -2.37. The summed E-state index contributed by atoms with van der Waals surface area (Å²) < 4.78 is 0. The van der Waals surface area contributed by atoms with Crippen LogP contribution in [0.4, 0.5) is 9.59 Å². The molecule has 0 aromatic carbocycles. The van der Waals surface area contributed by atoms with Crippen LogP contribution < -0.4 is 16.4 Å². The number of thioether (sulfide) groups is 1. The van der Waals surface area contributed by atoms with Gasteiger partial charge >= 0.3 is 12.1 Å². The molecule has 0 spiro atoms. The van der Waals surface area contributed by atoms with Gasteiger partial charge in [0.15, 0.2) is 0 Å². The van der Waals surface area contributed by atoms with E-state index in [0.29, 0.717) is 32.6 Å². The van der Waals surface area contributed by atoms with Crippen LogP contribution in [0.1, 0.15) is 38.5 Å². The molecule has 26 heavy (non-hydrogen) atoms. The third-order valence-corrected chi connectivity index (χ3v) is 5.68. The number of urea groups is 2. The molecule has 0 bridgehead atoms. The van der Waals surface area contributed by atoms with Crippen LogP contribution >= 0.6 is 11.8 Å². The molecule has 0 aromatic heterocycles. The van der Waals surface area contributed by atoms with Gasteiger partial charge in [0.1, 0.15) is 6.04 Å². The Hall–Kier alpha value is -1.64. The molecule has 1 saturated carbocycles. The third kappa shape index (κ3) is 6.26. The van der Waals surface area contributed by atoms with Crippen LogP contribution in [0.3, 0.4) is 0 Å². The Morgan fingerprint density at radius 1 is 1.08 bits per heavy atom. The van der Waals surface area contributed by atoms with Crippen molar-refractivity contribution in [2.75, 3.05) is 38.2 Å². The molecule has 1 aliphatic carbocycles. The van der Waals surface area contributed by atoms with Gasteiger partial charge in [0.25, 0.3) is 0 Å². The van der Waals surface area contributed by atoms with Gasteiger partial charge in [-0.25, -0.2) is 9.59 Å². The molecular weight excluding hydrogens is 354 g/mol. The SMILES string of the molecule is CSCCC(NC(N)=O)C(=O)N1CCN(C(=O)NC2CCCCC2)CC1. The van der Waals surface area contributed by atoms with E-state index in [1.54, 1.807) is 21.6 Å². The lowest BCUT2D eigenvalue weighted by molar-refractivity contribution is -0.134. The van der Waals surface area contributed by atoms with E-state index in [0.717, 1.165) is 18.6 Å². The fourth-order valence-corrected chi connectivity index (χ4v) is 4.00. The Labute approximate surface area is 159 Å². The molecular formula is C17H31N5O3S. The molecule has 9 heteroatoms. The number of nitrogens with zero attached hydrogens (tertiary/aromatic N) is 2. The molecule has 148 valence electrons. The summed E-state index contributed by atoms with van der Waals surface area (Å²) in [7, 11) is 0. The van der Waals surface area contributed by atoms with E-state index in [2.05, 4.69) is 10.6 Å². The maximum absolute atomic E-state index is 12.7. The monoisotopic (exact) mass is 385 g/mol. The maximum atomic E-state index is 12.7. The lowest BCUT2D eigenvalue weighted by atomic mass is 9.96. The normalized spacial score (nSPS) is 19.7. The van der Waals surface area contributed by atoms with Crippen LogP contribution in [0, 0.1) is 0 Å². The van der Waals surface area contributed by atoms with Crippen molar-refractivity contribution in [2.24, 2.45) is 5.73 Å². The van der Waals surface area contributed by atoms with Crippen LogP contribution in [-0.2, 0) is 4.79 Å². The predicted octanol–water partition coefficient (Wildman–Crippen LogP) is 0.963. The van der Waals surface area contributed by atoms with E-state index in [1.165, 1.54) is 19.3 Å². The van der Waals surface area contributed by atoms with Gasteiger partial charge in [0.2, 0.25) is 5.91 Å². The number of piperazine rings is 1. The standard InChI is InChI=1S/C17H31N5O3S/c1-26-12-7-14(20-16(18)24)15(23)21-8-10-22(11-9-21)17(25)19-13-5-3-2-4-6-13/h13-14H,2-12H2,1H3,(H,19,25)(H3,18,20,24). The average molecular weight is 386 g/mol. The summed E-state index contributed by atoms with van der Waals surface area (Å²) in [5.41, 5.74) is 5.19. The molecule has 0 aromatic rings. The number of carbonyl (C=O) groups is 3. The minimum Gasteiger partial charge on any atom is -0.352 e. The minimum absolute atomic E-state index is 0.0295. The molecule has 1 aliphatic heterocycles. The second-order valence-electron chi connectivity index (χ2n) is 6.94. The molecule has 1 heterocycles. The summed E-state index contributed by atoms with van der Waals surface area (Å²) in [4.78, 5) is 39.7. The number of carbonyl (C=O) groups excluding carboxylic acids is 3. The summed E-state index contributed by atoms with van der Waals surface area (Å²) in [5.74, 6) is 0.644. The van der Waals surface area contributed by atoms with Crippen LogP contribution in [0.15, 0.2) is 0 Å². The number of amides is 5. The van der Waals surface area contributed by atoms with Crippen LogP contribution in [0.25, 0.3) is 0 Å². The van der Waals surface area contributed by atoms with Crippen molar-refractivity contribution in [3.05, 3.63) is 0 Å². The minimum atomic E-state index is -0.685. The highest BCUT2D eigenvalue weighted by atomic mass is 32.2. The van der Waals surface area contributed by atoms with Gasteiger partial charge < -0.3 is 26.2 Å². The number of hydrogen-bond acceptors (Lipinski definition) is 4. The molecule has 4 N–H and O–H groups in total. The number of primary amides is 1. The Morgan fingerprint density at radius 2 is 1.69 bits per heavy atom. The summed E-state index contributed by atoms with van der Waals surface area (Å²) >= 11 is 1.62. The molecule has 2 rings (SSSR count). The largest absolute Gasteiger partial charge is 0.352 e. The smallest absolute Gasteiger partial charge is 0.317 e. The second kappa shape index (κ2) is 10.5. The first-order valence-corrected chi connectivity index (χ1v) is 10.8. The van der Waals surface area contributed by atoms with E-state index in [-0.39, 0.29) is 18.0 Å². The van der Waals surface area contributed by atoms with Gasteiger partial charge in [0.05, 0.1) is 0 Å². The Morgan fingerprint density at radius 3 is 2.27 bits per heavy atom. The van der Waals surface area contributed by atoms with E-state index < -0.39 is 12.1 Å². The van der Waals surface area contributed by atoms with Gasteiger partial charge in [-0.05, 0) is 31.3 Å². The quantitative estimate of drug-likeness (QED) is 0.633. The Balaban J connectivity index is 1.80. The van der Waals surface area contributed by atoms with E-state index in [4.69, 9.17) is 5.73 Å². The van der Waals surface area contributed by atoms with Crippen LogP contribution in [0.5, 0.6) is 0 Å². The second-order valence-corrected chi connectivity index (χ2v) is 7.93. The topological polar surface area (TPSA) is 108 Å². The maximum Gasteiger partial charge on any atom is 0.317 e. The molecule has 8 nitrogen and oxygen atoms in total. The zero-order valence-corrected chi connectivity index (χ0v) is 16.4. The van der Waals surface area contributed by atoms with Gasteiger partial charge in [0, 0.05) is 32.2 Å². The van der Waals surface area contributed by atoms with Crippen LogP contribution in [0.2, 0.25) is 0 Å². The van der Waals surface area contributed by atoms with Crippen molar-refractivity contribution in [2.45, 2.75) is 50.6 Å². The molecule has 1 unspecified atom stereocenters. The van der Waals surface area contributed by atoms with Gasteiger partial charge in [-0.1, -0.05) is 19.3 Å². The Kier molecular flexibility index (Phi) is 8.34. The first-order chi connectivity index (χ1) is 12.5. The molecule has 2 aliphatic rings. The highest BCUT2D eigenvalue weighted by molar-refractivity contribution is 7.98. The molecule has 1 saturated heterocycles. The van der Waals surface area contributed by atoms with Crippen LogP contribution in [-0.4, -0.2) is 78.0 Å². The van der Waals surface area contributed by atoms with Gasteiger partial charge in [-0.15, -0.1) is 0 Å². The van der Waals surface area contributed by atoms with E-state index in [9.17, 15) is 14.4 Å². The first kappa shape index (κ1) is 20.7. The van der Waals surface area contributed by atoms with Gasteiger partial charge in [-0.3, -0.25) is 4.79 Å². The third-order valence-electron chi connectivity index (χ3n) is 5.04. The molecule has 5 amide bonds. The van der Waals surface area contributed by atoms with Gasteiger partial charge in [-0.2, -0.15) is 11.8 Å².